The van der Waals surface area contributed by atoms with Crippen LogP contribution < -0.4 is 0 Å². The SMILES string of the molecule is CCN(CC)C(=O)C(c1ccccc1)N1CCN(C(=O)COC)CC1. The molecule has 1 unspecified atom stereocenters. The average Bonchev–Trinajstić information content (AvgIpc) is 2.64. The van der Waals surface area contributed by atoms with Crippen LogP contribution in [0.15, 0.2) is 30.3 Å². The summed E-state index contributed by atoms with van der Waals surface area (Å²) >= 11 is 0. The second kappa shape index (κ2) is 9.53. The van der Waals surface area contributed by atoms with E-state index in [9.17, 15) is 9.59 Å². The quantitative estimate of drug-likeness (QED) is 0.748. The Balaban J connectivity index is 2.15. The van der Waals surface area contributed by atoms with Gasteiger partial charge in [0.15, 0.2) is 0 Å². The van der Waals surface area contributed by atoms with Crippen LogP contribution >= 0.6 is 0 Å². The van der Waals surface area contributed by atoms with Crippen LogP contribution in [0.3, 0.4) is 0 Å². The predicted octanol–water partition coefficient (Wildman–Crippen LogP) is 1.39. The fourth-order valence-electron chi connectivity index (χ4n) is 3.30. The van der Waals surface area contributed by atoms with Crippen LogP contribution in [0.25, 0.3) is 0 Å². The summed E-state index contributed by atoms with van der Waals surface area (Å²) in [6, 6.07) is 9.62. The maximum atomic E-state index is 13.1. The zero-order valence-electron chi connectivity index (χ0n) is 15.5. The zero-order chi connectivity index (χ0) is 18.2. The van der Waals surface area contributed by atoms with Crippen molar-refractivity contribution in [3.63, 3.8) is 0 Å². The molecule has 1 aliphatic heterocycles. The van der Waals surface area contributed by atoms with Crippen molar-refractivity contribution < 1.29 is 14.3 Å². The molecule has 0 radical (unpaired) electrons. The van der Waals surface area contributed by atoms with Crippen LogP contribution in [-0.2, 0) is 14.3 Å². The lowest BCUT2D eigenvalue weighted by Gasteiger charge is -2.40. The Labute approximate surface area is 150 Å². The minimum atomic E-state index is -0.291. The number of ether oxygens (including phenoxy) is 1. The molecular weight excluding hydrogens is 318 g/mol. The van der Waals surface area contributed by atoms with Crippen molar-refractivity contribution in [1.29, 1.82) is 0 Å². The van der Waals surface area contributed by atoms with Gasteiger partial charge in [-0.15, -0.1) is 0 Å². The van der Waals surface area contributed by atoms with E-state index in [-0.39, 0.29) is 24.5 Å². The first-order valence-corrected chi connectivity index (χ1v) is 8.96. The molecule has 1 atom stereocenters. The maximum absolute atomic E-state index is 13.1. The Kier molecular flexibility index (Phi) is 7.40. The number of carbonyl (C=O) groups excluding carboxylic acids is 2. The lowest BCUT2D eigenvalue weighted by molar-refractivity contribution is -0.140. The molecule has 2 amide bonds. The number of hydrogen-bond acceptors (Lipinski definition) is 4. The largest absolute Gasteiger partial charge is 0.375 e. The van der Waals surface area contributed by atoms with E-state index in [0.717, 1.165) is 5.56 Å². The van der Waals surface area contributed by atoms with Gasteiger partial charge in [-0.1, -0.05) is 30.3 Å². The third-order valence-electron chi connectivity index (χ3n) is 4.72. The second-order valence-electron chi connectivity index (χ2n) is 6.17. The summed E-state index contributed by atoms with van der Waals surface area (Å²) in [4.78, 5) is 31.0. The molecule has 1 fully saturated rings. The fourth-order valence-corrected chi connectivity index (χ4v) is 3.30. The number of carbonyl (C=O) groups is 2. The molecule has 2 rings (SSSR count). The summed E-state index contributed by atoms with van der Waals surface area (Å²) in [6.45, 7) is 8.13. The highest BCUT2D eigenvalue weighted by molar-refractivity contribution is 5.83. The molecule has 1 aromatic carbocycles. The molecule has 1 heterocycles. The summed E-state index contributed by atoms with van der Waals surface area (Å²) in [7, 11) is 1.53. The van der Waals surface area contributed by atoms with Crippen molar-refractivity contribution in [3.05, 3.63) is 35.9 Å². The molecule has 0 saturated carbocycles. The van der Waals surface area contributed by atoms with Gasteiger partial charge in [0.05, 0.1) is 0 Å². The standard InChI is InChI=1S/C19H29N3O3/c1-4-20(5-2)19(24)18(16-9-7-6-8-10-16)22-13-11-21(12-14-22)17(23)15-25-3/h6-10,18H,4-5,11-15H2,1-3H3. The molecule has 6 heteroatoms. The summed E-state index contributed by atoms with van der Waals surface area (Å²) in [6.07, 6.45) is 0. The van der Waals surface area contributed by atoms with Gasteiger partial charge >= 0.3 is 0 Å². The van der Waals surface area contributed by atoms with Gasteiger partial charge in [-0.05, 0) is 19.4 Å². The van der Waals surface area contributed by atoms with Gasteiger partial charge in [0, 0.05) is 46.4 Å². The van der Waals surface area contributed by atoms with E-state index in [1.165, 1.54) is 7.11 Å². The Morgan fingerprint density at radius 1 is 1.08 bits per heavy atom. The number of benzene rings is 1. The maximum Gasteiger partial charge on any atom is 0.248 e. The van der Waals surface area contributed by atoms with E-state index in [1.54, 1.807) is 0 Å². The van der Waals surface area contributed by atoms with Crippen LogP contribution in [0.5, 0.6) is 0 Å². The first-order valence-electron chi connectivity index (χ1n) is 8.96. The van der Waals surface area contributed by atoms with Crippen LogP contribution in [0.1, 0.15) is 25.5 Å². The van der Waals surface area contributed by atoms with Gasteiger partial charge in [0.1, 0.15) is 12.6 Å². The normalized spacial score (nSPS) is 16.5. The minimum Gasteiger partial charge on any atom is -0.375 e. The number of hydrogen-bond donors (Lipinski definition) is 0. The number of piperazine rings is 1. The number of rotatable bonds is 7. The summed E-state index contributed by atoms with van der Waals surface area (Å²) in [5.74, 6) is 0.140. The Morgan fingerprint density at radius 3 is 2.20 bits per heavy atom. The fraction of sp³-hybridized carbons (Fsp3) is 0.579. The molecule has 138 valence electrons. The van der Waals surface area contributed by atoms with Crippen LogP contribution in [0, 0.1) is 0 Å². The number of likely N-dealkylation sites (N-methyl/N-ethyl adjacent to an activating group) is 1. The van der Waals surface area contributed by atoms with Crippen molar-refractivity contribution in [1.82, 2.24) is 14.7 Å². The van der Waals surface area contributed by atoms with Crippen molar-refractivity contribution in [3.8, 4) is 0 Å². The summed E-state index contributed by atoms with van der Waals surface area (Å²) in [5, 5.41) is 0. The Morgan fingerprint density at radius 2 is 1.68 bits per heavy atom. The van der Waals surface area contributed by atoms with Crippen molar-refractivity contribution in [2.24, 2.45) is 0 Å². The highest BCUT2D eigenvalue weighted by atomic mass is 16.5. The first kappa shape index (κ1) is 19.4. The second-order valence-corrected chi connectivity index (χ2v) is 6.17. The summed E-state index contributed by atoms with van der Waals surface area (Å²) in [5.41, 5.74) is 1.01. The minimum absolute atomic E-state index is 0.00785. The summed E-state index contributed by atoms with van der Waals surface area (Å²) < 4.78 is 4.93. The van der Waals surface area contributed by atoms with Crippen LogP contribution in [0.4, 0.5) is 0 Å². The molecule has 1 aromatic rings. The van der Waals surface area contributed by atoms with Gasteiger partial charge in [0.25, 0.3) is 0 Å². The number of methoxy groups -OCH3 is 1. The van der Waals surface area contributed by atoms with Crippen molar-refractivity contribution >= 4 is 11.8 Å². The predicted molar refractivity (Wildman–Crippen MR) is 97.1 cm³/mol. The van der Waals surface area contributed by atoms with E-state index in [4.69, 9.17) is 4.74 Å². The van der Waals surface area contributed by atoms with Gasteiger partial charge in [-0.2, -0.15) is 0 Å². The molecule has 0 N–H and O–H groups in total. The zero-order valence-corrected chi connectivity index (χ0v) is 15.5. The Bertz CT molecular complexity index is 552. The molecule has 0 spiro atoms. The third kappa shape index (κ3) is 4.80. The van der Waals surface area contributed by atoms with Crippen molar-refractivity contribution in [2.75, 3.05) is 53.0 Å². The lowest BCUT2D eigenvalue weighted by Crippen LogP contribution is -2.53. The molecule has 25 heavy (non-hydrogen) atoms. The van der Waals surface area contributed by atoms with E-state index in [1.807, 2.05) is 54.0 Å². The molecule has 1 saturated heterocycles. The van der Waals surface area contributed by atoms with Crippen molar-refractivity contribution in [2.45, 2.75) is 19.9 Å². The smallest absolute Gasteiger partial charge is 0.248 e. The van der Waals surface area contributed by atoms with Crippen LogP contribution in [-0.4, -0.2) is 79.5 Å². The van der Waals surface area contributed by atoms with Crippen LogP contribution in [0.2, 0.25) is 0 Å². The average molecular weight is 347 g/mol. The molecule has 0 bridgehead atoms. The highest BCUT2D eigenvalue weighted by Crippen LogP contribution is 2.24. The van der Waals surface area contributed by atoms with E-state index in [0.29, 0.717) is 39.3 Å². The molecular formula is C19H29N3O3. The molecule has 1 aliphatic rings. The van der Waals surface area contributed by atoms with E-state index >= 15 is 0 Å². The molecule has 0 aromatic heterocycles. The first-order chi connectivity index (χ1) is 12.1. The third-order valence-corrected chi connectivity index (χ3v) is 4.72. The van der Waals surface area contributed by atoms with Gasteiger partial charge < -0.3 is 14.5 Å². The van der Waals surface area contributed by atoms with Gasteiger partial charge in [0.2, 0.25) is 11.8 Å². The molecule has 6 nitrogen and oxygen atoms in total. The van der Waals surface area contributed by atoms with E-state index in [2.05, 4.69) is 4.90 Å². The number of nitrogens with zero attached hydrogens (tertiary/aromatic N) is 3. The molecule has 0 aliphatic carbocycles. The van der Waals surface area contributed by atoms with Gasteiger partial charge in [-0.25, -0.2) is 0 Å². The number of amides is 2. The van der Waals surface area contributed by atoms with Gasteiger partial charge in [-0.3, -0.25) is 14.5 Å². The topological polar surface area (TPSA) is 53.1 Å². The Hall–Kier alpha value is -1.92. The van der Waals surface area contributed by atoms with E-state index < -0.39 is 0 Å². The lowest BCUT2D eigenvalue weighted by atomic mass is 10.0. The monoisotopic (exact) mass is 347 g/mol. The highest BCUT2D eigenvalue weighted by Gasteiger charge is 2.33.